The van der Waals surface area contributed by atoms with Gasteiger partial charge in [-0.2, -0.15) is 14.9 Å². The zero-order valence-electron chi connectivity index (χ0n) is 27.3. The Morgan fingerprint density at radius 3 is 2.64 bits per heavy atom. The molecule has 5 heterocycles. The van der Waals surface area contributed by atoms with Crippen LogP contribution >= 0.6 is 0 Å². The van der Waals surface area contributed by atoms with Crippen LogP contribution < -0.4 is 16.4 Å². The van der Waals surface area contributed by atoms with Gasteiger partial charge in [-0.1, -0.05) is 20.8 Å². The first kappa shape index (κ1) is 31.8. The third-order valence-corrected chi connectivity index (χ3v) is 8.12. The van der Waals surface area contributed by atoms with Crippen LogP contribution in [0.15, 0.2) is 58.5 Å². The molecule has 0 fully saturated rings. The highest BCUT2D eigenvalue weighted by Crippen LogP contribution is 2.31. The molecule has 0 radical (unpaired) electrons. The van der Waals surface area contributed by atoms with Gasteiger partial charge in [0.25, 0.3) is 11.1 Å². The summed E-state index contributed by atoms with van der Waals surface area (Å²) in [6.45, 7) is 11.8. The van der Waals surface area contributed by atoms with E-state index in [1.54, 1.807) is 31.4 Å². The van der Waals surface area contributed by atoms with Gasteiger partial charge in [0.2, 0.25) is 0 Å². The van der Waals surface area contributed by atoms with Gasteiger partial charge in [-0.3, -0.25) is 19.1 Å². The Morgan fingerprint density at radius 1 is 1.15 bits per heavy atom. The van der Waals surface area contributed by atoms with Gasteiger partial charge >= 0.3 is 5.97 Å². The summed E-state index contributed by atoms with van der Waals surface area (Å²) >= 11 is 0. The maximum atomic E-state index is 15.5. The van der Waals surface area contributed by atoms with E-state index in [4.69, 9.17) is 9.47 Å². The van der Waals surface area contributed by atoms with E-state index in [0.29, 0.717) is 41.0 Å². The molecule has 1 aliphatic rings. The van der Waals surface area contributed by atoms with Crippen LogP contribution in [0.3, 0.4) is 0 Å². The van der Waals surface area contributed by atoms with Crippen molar-refractivity contribution in [2.45, 2.75) is 72.3 Å². The molecule has 6 rings (SSSR count). The quantitative estimate of drug-likeness (QED) is 0.257. The Balaban J connectivity index is 1.47. The van der Waals surface area contributed by atoms with E-state index in [1.807, 2.05) is 45.4 Å². The molecule has 0 saturated carbocycles. The number of carbonyl (C=O) groups excluding carboxylic acids is 1. The van der Waals surface area contributed by atoms with E-state index in [-0.39, 0.29) is 40.1 Å². The smallest absolute Gasteiger partial charge is 0.302 e. The molecule has 12 nitrogen and oxygen atoms in total. The molecule has 0 unspecified atom stereocenters. The summed E-state index contributed by atoms with van der Waals surface area (Å²) < 4.78 is 31.0. The van der Waals surface area contributed by atoms with Gasteiger partial charge in [-0.05, 0) is 54.7 Å². The fraction of sp³-hybridized carbons (Fsp3) is 0.353. The maximum Gasteiger partial charge on any atom is 0.302 e. The van der Waals surface area contributed by atoms with Crippen molar-refractivity contribution in [2.75, 3.05) is 5.32 Å². The first-order chi connectivity index (χ1) is 22.1. The fourth-order valence-corrected chi connectivity index (χ4v) is 5.60. The standard InChI is InChI=1S/C34H36FN7O5/c1-19(43)46-17-25-24(8-9-36-30(25)42-32(45)29-20(14-37-42)10-22(12-26(29)35)33(2,3)4)21-11-27(31(44)40(7)15-21)38-28-13-23-16-47-34(5,6)18-41(23)39-28/h8-15H,16-18H2,1-7H3,(H,38,39). The van der Waals surface area contributed by atoms with Gasteiger partial charge in [0.1, 0.15) is 18.1 Å². The van der Waals surface area contributed by atoms with Crippen LogP contribution in [0.1, 0.15) is 58.4 Å². The van der Waals surface area contributed by atoms with Crippen LogP contribution in [0.2, 0.25) is 0 Å². The SMILES string of the molecule is CC(=O)OCc1c(-c2cc(Nc3cc4n(n3)CC(C)(C)OC4)c(=O)n(C)c2)ccnc1-n1ncc2cc(C(C)(C)C)cc(F)c2c1=O. The topological polar surface area (TPSA) is 135 Å². The summed E-state index contributed by atoms with van der Waals surface area (Å²) in [4.78, 5) is 43.4. The highest BCUT2D eigenvalue weighted by atomic mass is 19.1. The van der Waals surface area contributed by atoms with Crippen molar-refractivity contribution < 1.29 is 18.7 Å². The minimum absolute atomic E-state index is 0.0581. The number of aromatic nitrogens is 6. The van der Waals surface area contributed by atoms with Gasteiger partial charge in [-0.25, -0.2) is 9.37 Å². The number of hydrogen-bond donors (Lipinski definition) is 1. The highest BCUT2D eigenvalue weighted by molar-refractivity contribution is 5.83. The molecule has 47 heavy (non-hydrogen) atoms. The van der Waals surface area contributed by atoms with Crippen molar-refractivity contribution >= 4 is 28.2 Å². The Morgan fingerprint density at radius 2 is 1.91 bits per heavy atom. The van der Waals surface area contributed by atoms with E-state index >= 15 is 4.39 Å². The normalized spacial score (nSPS) is 14.2. The van der Waals surface area contributed by atoms with Gasteiger partial charge in [0, 0.05) is 48.9 Å². The van der Waals surface area contributed by atoms with Crippen molar-refractivity contribution in [1.82, 2.24) is 29.1 Å². The molecular formula is C34H36FN7O5. The van der Waals surface area contributed by atoms with Crippen molar-refractivity contribution in [3.8, 4) is 16.9 Å². The maximum absolute atomic E-state index is 15.5. The number of carbonyl (C=O) groups is 1. The summed E-state index contributed by atoms with van der Waals surface area (Å²) in [5.74, 6) is -0.683. The lowest BCUT2D eigenvalue weighted by molar-refractivity contribution is -0.142. The molecule has 0 spiro atoms. The number of esters is 1. The molecule has 4 aromatic heterocycles. The number of anilines is 2. The number of nitrogens with one attached hydrogen (secondary N) is 1. The molecule has 0 aliphatic carbocycles. The minimum atomic E-state index is -0.715. The zero-order valence-corrected chi connectivity index (χ0v) is 27.3. The van der Waals surface area contributed by atoms with E-state index in [9.17, 15) is 14.4 Å². The number of pyridine rings is 2. The van der Waals surface area contributed by atoms with Crippen LogP contribution in [0, 0.1) is 5.82 Å². The highest BCUT2D eigenvalue weighted by Gasteiger charge is 2.28. The minimum Gasteiger partial charge on any atom is -0.461 e. The molecule has 0 saturated heterocycles. The summed E-state index contributed by atoms with van der Waals surface area (Å²) in [6, 6.07) is 8.29. The van der Waals surface area contributed by atoms with E-state index in [1.165, 1.54) is 30.0 Å². The van der Waals surface area contributed by atoms with Crippen molar-refractivity contribution in [2.24, 2.45) is 7.05 Å². The molecule has 1 aliphatic heterocycles. The molecule has 1 aromatic carbocycles. The lowest BCUT2D eigenvalue weighted by Gasteiger charge is -2.30. The second-order valence-electron chi connectivity index (χ2n) is 13.4. The largest absolute Gasteiger partial charge is 0.461 e. The number of fused-ring (bicyclic) bond motifs is 2. The summed E-state index contributed by atoms with van der Waals surface area (Å²) in [7, 11) is 1.61. The first-order valence-corrected chi connectivity index (χ1v) is 15.1. The summed E-state index contributed by atoms with van der Waals surface area (Å²) in [5, 5.41) is 12.4. The third-order valence-electron chi connectivity index (χ3n) is 8.12. The number of nitrogens with zero attached hydrogens (tertiary/aromatic N) is 6. The van der Waals surface area contributed by atoms with Gasteiger partial charge in [0.05, 0.1) is 36.0 Å². The number of hydrogen-bond acceptors (Lipinski definition) is 9. The summed E-state index contributed by atoms with van der Waals surface area (Å²) in [5.41, 5.74) is 1.54. The van der Waals surface area contributed by atoms with Crippen LogP contribution in [-0.4, -0.2) is 40.7 Å². The third kappa shape index (κ3) is 6.18. The predicted octanol–water partition coefficient (Wildman–Crippen LogP) is 4.90. The van der Waals surface area contributed by atoms with Crippen LogP contribution in [0.5, 0.6) is 0 Å². The Hall–Kier alpha value is -5.17. The van der Waals surface area contributed by atoms with Crippen LogP contribution in [0.25, 0.3) is 27.7 Å². The number of halogens is 1. The van der Waals surface area contributed by atoms with Crippen LogP contribution in [0.4, 0.5) is 15.9 Å². The van der Waals surface area contributed by atoms with Crippen LogP contribution in [-0.2, 0) is 46.5 Å². The lowest BCUT2D eigenvalue weighted by atomic mass is 9.86. The van der Waals surface area contributed by atoms with E-state index in [0.717, 1.165) is 15.9 Å². The Bertz CT molecular complexity index is 2180. The molecule has 1 N–H and O–H groups in total. The number of aryl methyl sites for hydroxylation is 1. The molecule has 244 valence electrons. The van der Waals surface area contributed by atoms with E-state index in [2.05, 4.69) is 20.5 Å². The molecule has 13 heteroatoms. The summed E-state index contributed by atoms with van der Waals surface area (Å²) in [6.07, 6.45) is 4.52. The average molecular weight is 642 g/mol. The van der Waals surface area contributed by atoms with Crippen molar-refractivity contribution in [1.29, 1.82) is 0 Å². The monoisotopic (exact) mass is 641 g/mol. The first-order valence-electron chi connectivity index (χ1n) is 15.1. The van der Waals surface area contributed by atoms with Gasteiger partial charge < -0.3 is 19.4 Å². The zero-order chi connectivity index (χ0) is 33.8. The number of benzene rings is 1. The molecule has 0 amide bonds. The molecular weight excluding hydrogens is 605 g/mol. The molecule has 0 atom stereocenters. The lowest BCUT2D eigenvalue weighted by Crippen LogP contribution is -2.36. The number of ether oxygens (including phenoxy) is 2. The predicted molar refractivity (Wildman–Crippen MR) is 174 cm³/mol. The fourth-order valence-electron chi connectivity index (χ4n) is 5.60. The van der Waals surface area contributed by atoms with Gasteiger partial charge in [0.15, 0.2) is 11.6 Å². The van der Waals surface area contributed by atoms with Gasteiger partial charge in [-0.15, -0.1) is 0 Å². The Labute approximate surface area is 269 Å². The second-order valence-corrected chi connectivity index (χ2v) is 13.4. The molecule has 5 aromatic rings. The Kier molecular flexibility index (Phi) is 7.83. The second kappa shape index (κ2) is 11.6. The van der Waals surface area contributed by atoms with Crippen molar-refractivity contribution in [3.05, 3.63) is 92.3 Å². The number of rotatable bonds is 6. The average Bonchev–Trinajstić information content (AvgIpc) is 3.38. The van der Waals surface area contributed by atoms with E-state index < -0.39 is 17.3 Å². The van der Waals surface area contributed by atoms with Crippen molar-refractivity contribution in [3.63, 3.8) is 0 Å². The molecule has 0 bridgehead atoms.